The van der Waals surface area contributed by atoms with Crippen LogP contribution in [0.1, 0.15) is 10.4 Å². The average molecular weight is 270 g/mol. The quantitative estimate of drug-likeness (QED) is 0.483. The van der Waals surface area contributed by atoms with Gasteiger partial charge in [-0.2, -0.15) is 0 Å². The van der Waals surface area contributed by atoms with Crippen molar-refractivity contribution in [3.63, 3.8) is 0 Å². The normalized spacial score (nSPS) is 10.6. The Morgan fingerprint density at radius 2 is 2.17 bits per heavy atom. The van der Waals surface area contributed by atoms with E-state index in [2.05, 4.69) is 0 Å². The third kappa shape index (κ3) is 3.71. The van der Waals surface area contributed by atoms with Gasteiger partial charge in [0.2, 0.25) is 0 Å². The predicted octanol–water partition coefficient (Wildman–Crippen LogP) is 1.95. The number of nitro groups is 1. The van der Waals surface area contributed by atoms with Crippen LogP contribution in [0.2, 0.25) is 0 Å². The van der Waals surface area contributed by atoms with E-state index in [0.29, 0.717) is 5.75 Å². The van der Waals surface area contributed by atoms with E-state index in [1.165, 1.54) is 30.0 Å². The van der Waals surface area contributed by atoms with Gasteiger partial charge in [-0.3, -0.25) is 10.1 Å². The van der Waals surface area contributed by atoms with Gasteiger partial charge in [0.1, 0.15) is 0 Å². The molecule has 18 heavy (non-hydrogen) atoms. The number of carbonyl (C=O) groups is 1. The van der Waals surface area contributed by atoms with Gasteiger partial charge in [-0.05, 0) is 20.2 Å². The standard InChI is InChI=1S/C11H14N2O4S/c1-12(2)6-7-18-10-8(11(14)15)4-3-5-9(10)13(16)17/h3-5H,6-7H2,1-2H3,(H,14,15). The van der Waals surface area contributed by atoms with Crippen molar-refractivity contribution < 1.29 is 14.8 Å². The molecule has 0 atom stereocenters. The SMILES string of the molecule is CN(C)CCSc1c(C(=O)O)cccc1[N+](=O)[O-]. The smallest absolute Gasteiger partial charge is 0.337 e. The summed E-state index contributed by atoms with van der Waals surface area (Å²) in [6, 6.07) is 4.09. The summed E-state index contributed by atoms with van der Waals surface area (Å²) in [6.07, 6.45) is 0. The van der Waals surface area contributed by atoms with Gasteiger partial charge in [0.25, 0.3) is 5.69 Å². The molecule has 1 rings (SSSR count). The van der Waals surface area contributed by atoms with Crippen LogP contribution in [-0.4, -0.2) is 47.3 Å². The minimum Gasteiger partial charge on any atom is -0.478 e. The van der Waals surface area contributed by atoms with Crippen LogP contribution < -0.4 is 0 Å². The molecular formula is C11H14N2O4S. The van der Waals surface area contributed by atoms with Crippen LogP contribution in [0.15, 0.2) is 23.1 Å². The van der Waals surface area contributed by atoms with Crippen molar-refractivity contribution in [1.82, 2.24) is 4.90 Å². The number of nitrogens with zero attached hydrogens (tertiary/aromatic N) is 2. The van der Waals surface area contributed by atoms with E-state index < -0.39 is 10.9 Å². The van der Waals surface area contributed by atoms with Gasteiger partial charge in [0.05, 0.1) is 15.4 Å². The van der Waals surface area contributed by atoms with Gasteiger partial charge in [-0.1, -0.05) is 6.07 Å². The highest BCUT2D eigenvalue weighted by Crippen LogP contribution is 2.32. The van der Waals surface area contributed by atoms with Crippen LogP contribution in [0, 0.1) is 10.1 Å². The second-order valence-electron chi connectivity index (χ2n) is 3.87. The lowest BCUT2D eigenvalue weighted by molar-refractivity contribution is -0.387. The largest absolute Gasteiger partial charge is 0.478 e. The molecule has 0 saturated carbocycles. The number of aromatic carboxylic acids is 1. The lowest BCUT2D eigenvalue weighted by atomic mass is 10.2. The van der Waals surface area contributed by atoms with Crippen LogP contribution in [0.4, 0.5) is 5.69 Å². The minimum atomic E-state index is -1.15. The van der Waals surface area contributed by atoms with Gasteiger partial charge >= 0.3 is 5.97 Å². The molecule has 0 spiro atoms. The van der Waals surface area contributed by atoms with E-state index in [1.807, 2.05) is 19.0 Å². The summed E-state index contributed by atoms with van der Waals surface area (Å²) in [5, 5.41) is 19.9. The Bertz CT molecular complexity index is 430. The van der Waals surface area contributed by atoms with Crippen molar-refractivity contribution in [2.75, 3.05) is 26.4 Å². The van der Waals surface area contributed by atoms with E-state index in [9.17, 15) is 14.9 Å². The van der Waals surface area contributed by atoms with E-state index in [4.69, 9.17) is 5.11 Å². The van der Waals surface area contributed by atoms with Crippen LogP contribution in [0.25, 0.3) is 0 Å². The second kappa shape index (κ2) is 6.36. The van der Waals surface area contributed by atoms with Crippen molar-refractivity contribution in [2.24, 2.45) is 0 Å². The van der Waals surface area contributed by atoms with E-state index in [1.54, 1.807) is 0 Å². The molecule has 0 aromatic heterocycles. The number of rotatable bonds is 6. The molecule has 0 saturated heterocycles. The summed E-state index contributed by atoms with van der Waals surface area (Å²) in [5.74, 6) is -0.552. The lowest BCUT2D eigenvalue weighted by Gasteiger charge is -2.10. The highest BCUT2D eigenvalue weighted by molar-refractivity contribution is 7.99. The zero-order chi connectivity index (χ0) is 13.7. The Labute approximate surface area is 109 Å². The lowest BCUT2D eigenvalue weighted by Crippen LogP contribution is -2.15. The third-order valence-corrected chi connectivity index (χ3v) is 3.31. The molecule has 0 heterocycles. The first-order valence-electron chi connectivity index (χ1n) is 5.21. The van der Waals surface area contributed by atoms with Gasteiger partial charge in [-0.25, -0.2) is 4.79 Å². The highest BCUT2D eigenvalue weighted by Gasteiger charge is 2.21. The molecule has 0 aliphatic carbocycles. The maximum atomic E-state index is 11.0. The van der Waals surface area contributed by atoms with Gasteiger partial charge in [0.15, 0.2) is 0 Å². The number of hydrogen-bond donors (Lipinski definition) is 1. The summed E-state index contributed by atoms with van der Waals surface area (Å²) in [4.78, 5) is 23.5. The van der Waals surface area contributed by atoms with Crippen molar-refractivity contribution in [3.05, 3.63) is 33.9 Å². The fourth-order valence-electron chi connectivity index (χ4n) is 1.32. The number of thioether (sulfide) groups is 1. The predicted molar refractivity (Wildman–Crippen MR) is 69.3 cm³/mol. The number of carboxylic acid groups (broad SMARTS) is 1. The fraction of sp³-hybridized carbons (Fsp3) is 0.364. The second-order valence-corrected chi connectivity index (χ2v) is 4.97. The van der Waals surface area contributed by atoms with E-state index in [-0.39, 0.29) is 16.1 Å². The monoisotopic (exact) mass is 270 g/mol. The molecule has 1 N–H and O–H groups in total. The van der Waals surface area contributed by atoms with Gasteiger partial charge in [-0.15, -0.1) is 11.8 Å². The summed E-state index contributed by atoms with van der Waals surface area (Å²) in [5.41, 5.74) is -0.174. The van der Waals surface area contributed by atoms with Crippen molar-refractivity contribution in [2.45, 2.75) is 4.90 Å². The molecule has 7 heteroatoms. The zero-order valence-corrected chi connectivity index (χ0v) is 10.9. The number of benzene rings is 1. The summed E-state index contributed by atoms with van der Waals surface area (Å²) >= 11 is 1.19. The Morgan fingerprint density at radius 3 is 2.67 bits per heavy atom. The maximum Gasteiger partial charge on any atom is 0.337 e. The molecule has 0 amide bonds. The van der Waals surface area contributed by atoms with Crippen molar-refractivity contribution in [3.8, 4) is 0 Å². The molecule has 0 radical (unpaired) electrons. The first-order chi connectivity index (χ1) is 8.43. The molecule has 1 aromatic carbocycles. The molecule has 0 fully saturated rings. The van der Waals surface area contributed by atoms with Gasteiger partial charge in [0, 0.05) is 18.4 Å². The minimum absolute atomic E-state index is 0.0204. The van der Waals surface area contributed by atoms with E-state index in [0.717, 1.165) is 6.54 Å². The van der Waals surface area contributed by atoms with Gasteiger partial charge < -0.3 is 10.0 Å². The molecule has 0 aliphatic rings. The Kier molecular flexibility index (Phi) is 5.11. The molecule has 0 unspecified atom stereocenters. The molecule has 0 aliphatic heterocycles. The third-order valence-electron chi connectivity index (χ3n) is 2.21. The Hall–Kier alpha value is -1.60. The summed E-state index contributed by atoms with van der Waals surface area (Å²) in [7, 11) is 3.77. The Morgan fingerprint density at radius 1 is 1.50 bits per heavy atom. The topological polar surface area (TPSA) is 83.7 Å². The molecule has 6 nitrogen and oxygen atoms in total. The number of carboxylic acids is 1. The van der Waals surface area contributed by atoms with Crippen LogP contribution in [0.5, 0.6) is 0 Å². The van der Waals surface area contributed by atoms with E-state index >= 15 is 0 Å². The first-order valence-corrected chi connectivity index (χ1v) is 6.20. The van der Waals surface area contributed by atoms with Crippen molar-refractivity contribution in [1.29, 1.82) is 0 Å². The molecule has 98 valence electrons. The molecule has 0 bridgehead atoms. The van der Waals surface area contributed by atoms with Crippen LogP contribution in [-0.2, 0) is 0 Å². The fourth-order valence-corrected chi connectivity index (χ4v) is 2.58. The zero-order valence-electron chi connectivity index (χ0n) is 10.1. The molecule has 1 aromatic rings. The molecular weight excluding hydrogens is 256 g/mol. The maximum absolute atomic E-state index is 11.0. The highest BCUT2D eigenvalue weighted by atomic mass is 32.2. The van der Waals surface area contributed by atoms with Crippen LogP contribution in [0.3, 0.4) is 0 Å². The van der Waals surface area contributed by atoms with Crippen LogP contribution >= 0.6 is 11.8 Å². The number of nitro benzene ring substituents is 1. The number of hydrogen-bond acceptors (Lipinski definition) is 5. The first kappa shape index (κ1) is 14.5. The average Bonchev–Trinajstić information content (AvgIpc) is 2.28. The summed E-state index contributed by atoms with van der Waals surface area (Å²) < 4.78 is 0. The van der Waals surface area contributed by atoms with Crippen molar-refractivity contribution >= 4 is 23.4 Å². The Balaban J connectivity index is 3.03. The summed E-state index contributed by atoms with van der Waals surface area (Å²) in [6.45, 7) is 0.718.